The number of imidazole rings is 1. The van der Waals surface area contributed by atoms with E-state index in [1.165, 1.54) is 42.1 Å². The zero-order valence-corrected chi connectivity index (χ0v) is 21.3. The Bertz CT molecular complexity index is 1440. The van der Waals surface area contributed by atoms with Crippen LogP contribution in [-0.2, 0) is 17.5 Å². The zero-order chi connectivity index (χ0) is 26.0. The number of carbonyl (C=O) groups is 2. The summed E-state index contributed by atoms with van der Waals surface area (Å²) in [6, 6.07) is 8.65. The molecule has 0 spiro atoms. The summed E-state index contributed by atoms with van der Waals surface area (Å²) in [6.45, 7) is 1.22. The lowest BCUT2D eigenvalue weighted by Gasteiger charge is -2.11. The minimum absolute atomic E-state index is 0.0106. The number of hydrogen-bond acceptors (Lipinski definition) is 7. The number of nitrogens with zero attached hydrogens (tertiary/aromatic N) is 4. The average molecular weight is 575 g/mol. The van der Waals surface area contributed by atoms with E-state index in [2.05, 4.69) is 25.8 Å². The van der Waals surface area contributed by atoms with Gasteiger partial charge in [0.2, 0.25) is 16.9 Å². The summed E-state index contributed by atoms with van der Waals surface area (Å²) in [5, 5.41) is 13.0. The molecule has 15 heteroatoms. The van der Waals surface area contributed by atoms with Gasteiger partial charge in [0.15, 0.2) is 4.34 Å². The van der Waals surface area contributed by atoms with E-state index in [0.29, 0.717) is 4.34 Å². The molecule has 36 heavy (non-hydrogen) atoms. The Labute approximate surface area is 220 Å². The predicted molar refractivity (Wildman–Crippen MR) is 134 cm³/mol. The second kappa shape index (κ2) is 10.6. The zero-order valence-electron chi connectivity index (χ0n) is 18.2. The number of para-hydroxylation sites is 1. The first-order valence-electron chi connectivity index (χ1n) is 10.2. The van der Waals surface area contributed by atoms with Gasteiger partial charge in [0.05, 0.1) is 26.8 Å². The van der Waals surface area contributed by atoms with Crippen molar-refractivity contribution in [1.82, 2.24) is 19.7 Å². The number of carbonyl (C=O) groups excluding carboxylic acids is 2. The van der Waals surface area contributed by atoms with Crippen LogP contribution in [0.5, 0.6) is 0 Å². The molecule has 2 amide bonds. The maximum atomic E-state index is 13.9. The van der Waals surface area contributed by atoms with Gasteiger partial charge in [-0.1, -0.05) is 65.4 Å². The molecule has 2 aromatic carbocycles. The number of amides is 2. The van der Waals surface area contributed by atoms with Gasteiger partial charge >= 0.3 is 6.18 Å². The van der Waals surface area contributed by atoms with Gasteiger partial charge in [-0.3, -0.25) is 14.9 Å². The van der Waals surface area contributed by atoms with Crippen LogP contribution < -0.4 is 10.6 Å². The maximum Gasteiger partial charge on any atom is 0.449 e. The Morgan fingerprint density at radius 3 is 2.44 bits per heavy atom. The normalized spacial score (nSPS) is 11.6. The fourth-order valence-electron chi connectivity index (χ4n) is 3.27. The van der Waals surface area contributed by atoms with Crippen molar-refractivity contribution in [3.05, 3.63) is 57.8 Å². The van der Waals surface area contributed by atoms with Crippen LogP contribution in [0, 0.1) is 0 Å². The summed E-state index contributed by atoms with van der Waals surface area (Å²) in [4.78, 5) is 29.1. The van der Waals surface area contributed by atoms with Crippen LogP contribution in [0.15, 0.2) is 40.7 Å². The molecule has 0 bridgehead atoms. The average Bonchev–Trinajstić information content (AvgIpc) is 3.39. The van der Waals surface area contributed by atoms with Crippen LogP contribution in [0.25, 0.3) is 11.0 Å². The molecule has 0 unspecified atom stereocenters. The van der Waals surface area contributed by atoms with E-state index in [1.54, 1.807) is 6.07 Å². The summed E-state index contributed by atoms with van der Waals surface area (Å²) in [6.07, 6.45) is -4.87. The van der Waals surface area contributed by atoms with Gasteiger partial charge in [-0.25, -0.2) is 4.98 Å². The van der Waals surface area contributed by atoms with Crippen molar-refractivity contribution in [2.45, 2.75) is 24.0 Å². The molecule has 0 aliphatic carbocycles. The number of thioether (sulfide) groups is 1. The minimum Gasteiger partial charge on any atom is -0.320 e. The molecule has 2 aromatic heterocycles. The number of rotatable bonds is 7. The van der Waals surface area contributed by atoms with E-state index in [1.807, 2.05) is 6.92 Å². The van der Waals surface area contributed by atoms with Crippen molar-refractivity contribution in [2.24, 2.45) is 0 Å². The third-order valence-corrected chi connectivity index (χ3v) is 7.18. The number of aromatic nitrogens is 4. The highest BCUT2D eigenvalue weighted by Crippen LogP contribution is 2.35. The van der Waals surface area contributed by atoms with Crippen LogP contribution in [-0.4, -0.2) is 37.3 Å². The number of nitrogens with one attached hydrogen (secondary N) is 2. The summed E-state index contributed by atoms with van der Waals surface area (Å²) in [5.74, 6) is -2.03. The number of fused-ring (bicyclic) bond motifs is 1. The number of alkyl halides is 3. The minimum atomic E-state index is -4.87. The van der Waals surface area contributed by atoms with Crippen molar-refractivity contribution in [3.63, 3.8) is 0 Å². The quantitative estimate of drug-likeness (QED) is 0.201. The van der Waals surface area contributed by atoms with Crippen LogP contribution in [0.2, 0.25) is 10.0 Å². The molecule has 2 N–H and O–H groups in total. The van der Waals surface area contributed by atoms with Gasteiger partial charge < -0.3 is 9.88 Å². The molecule has 4 aromatic rings. The first-order chi connectivity index (χ1) is 17.1. The SMILES string of the molecule is CCSc1nnc(NC(=O)Cn2c(C(F)(F)F)nc3c(NC(=O)c4c(Cl)cccc4Cl)cccc32)s1. The van der Waals surface area contributed by atoms with E-state index < -0.39 is 30.4 Å². The molecule has 0 aliphatic rings. The fourth-order valence-corrected chi connectivity index (χ4v) is 5.50. The number of benzene rings is 2. The second-order valence-corrected chi connectivity index (χ2v) is 10.4. The van der Waals surface area contributed by atoms with Crippen molar-refractivity contribution in [2.75, 3.05) is 16.4 Å². The topological polar surface area (TPSA) is 102 Å². The van der Waals surface area contributed by atoms with Gasteiger partial charge in [0.25, 0.3) is 5.91 Å². The van der Waals surface area contributed by atoms with Crippen LogP contribution >= 0.6 is 46.3 Å². The van der Waals surface area contributed by atoms with Gasteiger partial charge in [-0.15, -0.1) is 10.2 Å². The summed E-state index contributed by atoms with van der Waals surface area (Å²) in [5.41, 5.74) is -0.222. The largest absolute Gasteiger partial charge is 0.449 e. The number of anilines is 2. The Kier molecular flexibility index (Phi) is 7.73. The highest BCUT2D eigenvalue weighted by atomic mass is 35.5. The standard InChI is InChI=1S/C21H15Cl2F3N6O2S2/c1-2-35-20-31-30-19(36-20)28-14(33)9-32-13-8-4-7-12(16(13)29-18(32)21(24,25)26)27-17(34)15-10(22)5-3-6-11(15)23/h3-8H,2,9H2,1H3,(H,27,34)(H,28,30,33). The van der Waals surface area contributed by atoms with Crippen molar-refractivity contribution in [1.29, 1.82) is 0 Å². The molecular formula is C21H15Cl2F3N6O2S2. The van der Waals surface area contributed by atoms with E-state index in [4.69, 9.17) is 23.2 Å². The third-order valence-electron chi connectivity index (χ3n) is 4.69. The van der Waals surface area contributed by atoms with E-state index in [9.17, 15) is 22.8 Å². The Morgan fingerprint density at radius 1 is 1.08 bits per heavy atom. The van der Waals surface area contributed by atoms with Crippen LogP contribution in [0.4, 0.5) is 24.0 Å². The molecular weight excluding hydrogens is 560 g/mol. The van der Waals surface area contributed by atoms with Crippen molar-refractivity contribution in [3.8, 4) is 0 Å². The van der Waals surface area contributed by atoms with Gasteiger partial charge in [-0.2, -0.15) is 13.2 Å². The molecule has 0 saturated heterocycles. The predicted octanol–water partition coefficient (Wildman–Crippen LogP) is 6.22. The molecule has 0 atom stereocenters. The summed E-state index contributed by atoms with van der Waals surface area (Å²) in [7, 11) is 0. The first-order valence-corrected chi connectivity index (χ1v) is 12.7. The summed E-state index contributed by atoms with van der Waals surface area (Å²) < 4.78 is 42.9. The van der Waals surface area contributed by atoms with Crippen molar-refractivity contribution < 1.29 is 22.8 Å². The Hall–Kier alpha value is -2.87. The lowest BCUT2D eigenvalue weighted by molar-refractivity contribution is -0.147. The Morgan fingerprint density at radius 2 is 1.78 bits per heavy atom. The van der Waals surface area contributed by atoms with E-state index in [-0.39, 0.29) is 37.5 Å². The lowest BCUT2D eigenvalue weighted by atomic mass is 10.2. The van der Waals surface area contributed by atoms with Crippen LogP contribution in [0.3, 0.4) is 0 Å². The molecule has 4 rings (SSSR count). The maximum absolute atomic E-state index is 13.9. The molecule has 0 fully saturated rings. The van der Waals surface area contributed by atoms with E-state index >= 15 is 0 Å². The number of halogens is 5. The van der Waals surface area contributed by atoms with E-state index in [0.717, 1.165) is 21.7 Å². The molecule has 2 heterocycles. The molecule has 0 aliphatic heterocycles. The smallest absolute Gasteiger partial charge is 0.320 e. The van der Waals surface area contributed by atoms with Crippen LogP contribution in [0.1, 0.15) is 23.1 Å². The monoisotopic (exact) mass is 574 g/mol. The number of hydrogen-bond donors (Lipinski definition) is 2. The second-order valence-electron chi connectivity index (χ2n) is 7.10. The van der Waals surface area contributed by atoms with Crippen molar-refractivity contribution >= 4 is 80.0 Å². The molecule has 0 radical (unpaired) electrons. The first kappa shape index (κ1) is 26.2. The van der Waals surface area contributed by atoms with Gasteiger partial charge in [0, 0.05) is 0 Å². The highest BCUT2D eigenvalue weighted by molar-refractivity contribution is 8.01. The molecule has 0 saturated carbocycles. The summed E-state index contributed by atoms with van der Waals surface area (Å²) >= 11 is 14.7. The third kappa shape index (κ3) is 5.59. The molecule has 188 valence electrons. The fraction of sp³-hybridized carbons (Fsp3) is 0.190. The van der Waals surface area contributed by atoms with Gasteiger partial charge in [0.1, 0.15) is 12.1 Å². The Balaban J connectivity index is 1.67. The van der Waals surface area contributed by atoms with Gasteiger partial charge in [-0.05, 0) is 30.0 Å². The molecule has 8 nitrogen and oxygen atoms in total. The highest BCUT2D eigenvalue weighted by Gasteiger charge is 2.38. The lowest BCUT2D eigenvalue weighted by Crippen LogP contribution is -2.23.